The number of aryl methyl sites for hydroxylation is 1. The van der Waals surface area contributed by atoms with Crippen molar-refractivity contribution >= 4 is 38.5 Å². The molecule has 0 atom stereocenters. The van der Waals surface area contributed by atoms with Crippen LogP contribution < -0.4 is 11.1 Å². The summed E-state index contributed by atoms with van der Waals surface area (Å²) in [5.74, 6) is 0. The Morgan fingerprint density at radius 2 is 1.41 bits per heavy atom. The SMILES string of the molecule is C/C=C\C=C(/CC)n1cccc2ncc(-c3ccc4c(c3)c3ccccc3n4-c3ccccc3)nc2c(C)n(-c2ccccc2)c(=O)c1=O. The number of hydrogen-bond donors (Lipinski definition) is 0. The molecule has 49 heavy (non-hydrogen) atoms. The number of rotatable bonds is 6. The molecule has 0 aliphatic heterocycles. The Hall–Kier alpha value is -6.34. The van der Waals surface area contributed by atoms with Crippen LogP contribution in [0.2, 0.25) is 0 Å². The number of hydrogen-bond acceptors (Lipinski definition) is 4. The van der Waals surface area contributed by atoms with E-state index in [0.29, 0.717) is 40.2 Å². The minimum absolute atomic E-state index is 0.498. The molecule has 0 saturated heterocycles. The van der Waals surface area contributed by atoms with Crippen molar-refractivity contribution < 1.29 is 0 Å². The van der Waals surface area contributed by atoms with Crippen molar-refractivity contribution in [2.75, 3.05) is 0 Å². The maximum Gasteiger partial charge on any atom is 0.321 e. The van der Waals surface area contributed by atoms with Gasteiger partial charge in [0.1, 0.15) is 5.52 Å². The Balaban J connectivity index is 1.51. The van der Waals surface area contributed by atoms with Gasteiger partial charge in [0.25, 0.3) is 0 Å². The van der Waals surface area contributed by atoms with Crippen LogP contribution in [0.5, 0.6) is 0 Å². The van der Waals surface area contributed by atoms with E-state index >= 15 is 0 Å². The van der Waals surface area contributed by atoms with E-state index in [-0.39, 0.29) is 0 Å². The van der Waals surface area contributed by atoms with Crippen molar-refractivity contribution in [2.24, 2.45) is 0 Å². The molecule has 7 rings (SSSR count). The van der Waals surface area contributed by atoms with Crippen molar-refractivity contribution in [3.8, 4) is 22.6 Å². The van der Waals surface area contributed by atoms with E-state index < -0.39 is 11.1 Å². The van der Waals surface area contributed by atoms with Crippen LogP contribution >= 0.6 is 0 Å². The Labute approximate surface area is 283 Å². The van der Waals surface area contributed by atoms with Gasteiger partial charge in [0.05, 0.1) is 34.1 Å². The maximum absolute atomic E-state index is 14.2. The second-order valence-electron chi connectivity index (χ2n) is 11.7. The van der Waals surface area contributed by atoms with E-state index in [4.69, 9.17) is 9.97 Å². The van der Waals surface area contributed by atoms with Gasteiger partial charge in [-0.25, -0.2) is 4.98 Å². The van der Waals surface area contributed by atoms with Gasteiger partial charge >= 0.3 is 11.1 Å². The number of para-hydroxylation sites is 3. The highest BCUT2D eigenvalue weighted by molar-refractivity contribution is 6.10. The molecule has 0 spiro atoms. The largest absolute Gasteiger partial charge is 0.321 e. The summed E-state index contributed by atoms with van der Waals surface area (Å²) in [5.41, 5.74) is 6.32. The molecular weight excluding hydrogens is 606 g/mol. The van der Waals surface area contributed by atoms with Crippen LogP contribution in [-0.2, 0) is 0 Å². The molecule has 0 aliphatic carbocycles. The first-order chi connectivity index (χ1) is 24.0. The third kappa shape index (κ3) is 5.76. The molecule has 7 aromatic rings. The maximum atomic E-state index is 14.2. The molecular formula is C42H35N5O2. The second kappa shape index (κ2) is 13.4. The molecule has 0 bridgehead atoms. The molecule has 240 valence electrons. The number of aromatic nitrogens is 5. The summed E-state index contributed by atoms with van der Waals surface area (Å²) in [6.45, 7) is 5.67. The lowest BCUT2D eigenvalue weighted by molar-refractivity contribution is 0.876. The fourth-order valence-electron chi connectivity index (χ4n) is 6.35. The Kier molecular flexibility index (Phi) is 8.56. The fourth-order valence-corrected chi connectivity index (χ4v) is 6.35. The zero-order chi connectivity index (χ0) is 33.9. The summed E-state index contributed by atoms with van der Waals surface area (Å²) < 4.78 is 5.13. The molecule has 0 N–H and O–H groups in total. The third-order valence-electron chi connectivity index (χ3n) is 8.72. The van der Waals surface area contributed by atoms with Gasteiger partial charge in [-0.1, -0.05) is 79.7 Å². The van der Waals surface area contributed by atoms with Gasteiger partial charge < -0.3 is 4.57 Å². The highest BCUT2D eigenvalue weighted by atomic mass is 16.2. The van der Waals surface area contributed by atoms with Crippen LogP contribution in [0.4, 0.5) is 0 Å². The molecule has 0 aliphatic rings. The minimum Gasteiger partial charge on any atom is -0.309 e. The Morgan fingerprint density at radius 3 is 2.12 bits per heavy atom. The van der Waals surface area contributed by atoms with Crippen LogP contribution in [0.1, 0.15) is 26.0 Å². The third-order valence-corrected chi connectivity index (χ3v) is 8.72. The van der Waals surface area contributed by atoms with Crippen LogP contribution in [-0.4, -0.2) is 23.7 Å². The summed E-state index contributed by atoms with van der Waals surface area (Å²) in [5, 5.41) is 2.23. The summed E-state index contributed by atoms with van der Waals surface area (Å²) in [7, 11) is 0. The van der Waals surface area contributed by atoms with Crippen molar-refractivity contribution in [1.82, 2.24) is 23.7 Å². The monoisotopic (exact) mass is 641 g/mol. The molecule has 3 heterocycles. The highest BCUT2D eigenvalue weighted by Gasteiger charge is 2.15. The quantitative estimate of drug-likeness (QED) is 0.134. The van der Waals surface area contributed by atoms with E-state index in [0.717, 1.165) is 33.1 Å². The molecule has 3 aromatic heterocycles. The highest BCUT2D eigenvalue weighted by Crippen LogP contribution is 2.34. The average molecular weight is 642 g/mol. The van der Waals surface area contributed by atoms with E-state index in [1.807, 2.05) is 93.6 Å². The molecule has 4 aromatic carbocycles. The van der Waals surface area contributed by atoms with Crippen molar-refractivity contribution in [1.29, 1.82) is 0 Å². The molecule has 0 radical (unpaired) electrons. The van der Waals surface area contributed by atoms with E-state index in [2.05, 4.69) is 59.2 Å². The van der Waals surface area contributed by atoms with Gasteiger partial charge in [0, 0.05) is 39.6 Å². The van der Waals surface area contributed by atoms with Crippen LogP contribution in [0.25, 0.3) is 61.2 Å². The van der Waals surface area contributed by atoms with E-state index in [9.17, 15) is 9.59 Å². The van der Waals surface area contributed by atoms with Crippen LogP contribution in [0.3, 0.4) is 0 Å². The lowest BCUT2D eigenvalue weighted by atomic mass is 10.1. The van der Waals surface area contributed by atoms with Gasteiger partial charge in [0.15, 0.2) is 0 Å². The molecule has 0 amide bonds. The Bertz CT molecular complexity index is 2590. The van der Waals surface area contributed by atoms with Crippen molar-refractivity contribution in [3.05, 3.63) is 172 Å². The van der Waals surface area contributed by atoms with Crippen molar-refractivity contribution in [2.45, 2.75) is 27.2 Å². The average Bonchev–Trinajstić information content (AvgIpc) is 3.48. The zero-order valence-corrected chi connectivity index (χ0v) is 27.6. The topological polar surface area (TPSA) is 74.7 Å². The normalized spacial score (nSPS) is 11.9. The summed E-state index contributed by atoms with van der Waals surface area (Å²) >= 11 is 0. The first kappa shape index (κ1) is 31.3. The summed E-state index contributed by atoms with van der Waals surface area (Å²) in [6, 6.07) is 37.8. The van der Waals surface area contributed by atoms with Crippen LogP contribution in [0.15, 0.2) is 155 Å². The van der Waals surface area contributed by atoms with Crippen LogP contribution in [0, 0.1) is 6.92 Å². The molecule has 0 saturated carbocycles. The van der Waals surface area contributed by atoms with Gasteiger partial charge in [0.2, 0.25) is 0 Å². The predicted octanol–water partition coefficient (Wildman–Crippen LogP) is 8.97. The number of allylic oxidation sites excluding steroid dienone is 4. The molecule has 7 heteroatoms. The molecule has 7 nitrogen and oxygen atoms in total. The lowest BCUT2D eigenvalue weighted by Gasteiger charge is -2.12. The van der Waals surface area contributed by atoms with Gasteiger partial charge in [-0.3, -0.25) is 23.7 Å². The summed E-state index contributed by atoms with van der Waals surface area (Å²) in [6.07, 6.45) is 9.53. The van der Waals surface area contributed by atoms with E-state index in [1.165, 1.54) is 9.13 Å². The zero-order valence-electron chi connectivity index (χ0n) is 27.6. The standard InChI is InChI=1S/C42H35N5O2/c1-4-6-16-31(5-2)45-26-15-22-36-40(29(3)46(42(49)41(45)48)32-17-9-7-10-18-32)44-37(28-43-36)30-24-25-39-35(27-30)34-21-13-14-23-38(34)47(39)33-19-11-8-12-20-33/h4,6-28H,5H2,1-3H3/b6-4-,26-15?,31-16+,36-22?,40-29?. The second-order valence-corrected chi connectivity index (χ2v) is 11.7. The smallest absolute Gasteiger partial charge is 0.309 e. The number of fused-ring (bicyclic) bond motifs is 4. The summed E-state index contributed by atoms with van der Waals surface area (Å²) in [4.78, 5) is 38.1. The lowest BCUT2D eigenvalue weighted by Crippen LogP contribution is -2.38. The first-order valence-corrected chi connectivity index (χ1v) is 16.4. The molecule has 0 fully saturated rings. The fraction of sp³-hybridized carbons (Fsp3) is 0.0952. The number of benzene rings is 4. The minimum atomic E-state index is -0.691. The van der Waals surface area contributed by atoms with Gasteiger partial charge in [-0.05, 0) is 80.9 Å². The molecule has 0 unspecified atom stereocenters. The van der Waals surface area contributed by atoms with Crippen molar-refractivity contribution in [3.63, 3.8) is 0 Å². The Morgan fingerprint density at radius 1 is 0.735 bits per heavy atom. The van der Waals surface area contributed by atoms with Gasteiger partial charge in [-0.15, -0.1) is 0 Å². The predicted molar refractivity (Wildman–Crippen MR) is 201 cm³/mol. The number of nitrogens with zero attached hydrogens (tertiary/aromatic N) is 5. The first-order valence-electron chi connectivity index (χ1n) is 16.4. The van der Waals surface area contributed by atoms with Gasteiger partial charge in [-0.2, -0.15) is 0 Å². The van der Waals surface area contributed by atoms with E-state index in [1.54, 1.807) is 18.5 Å².